The summed E-state index contributed by atoms with van der Waals surface area (Å²) in [5.74, 6) is 0.761. The lowest BCUT2D eigenvalue weighted by atomic mass is 10.1. The number of hydrogen-bond donors (Lipinski definition) is 1. The summed E-state index contributed by atoms with van der Waals surface area (Å²) in [5, 5.41) is 4.48. The molecule has 1 heterocycles. The van der Waals surface area contributed by atoms with Crippen molar-refractivity contribution in [3.05, 3.63) is 96.1 Å². The lowest BCUT2D eigenvalue weighted by molar-refractivity contribution is 0.0785. The number of carbonyl (C=O) groups is 1. The van der Waals surface area contributed by atoms with Crippen LogP contribution in [0.2, 0.25) is 0 Å². The molecule has 5 nitrogen and oxygen atoms in total. The summed E-state index contributed by atoms with van der Waals surface area (Å²) in [4.78, 5) is 21.3. The van der Waals surface area contributed by atoms with E-state index in [9.17, 15) is 4.79 Å². The molecule has 31 heavy (non-hydrogen) atoms. The Hall–Kier alpha value is -3.86. The number of hydrogen-bond acceptors (Lipinski definition) is 4. The highest BCUT2D eigenvalue weighted by atomic mass is 16.2. The lowest BCUT2D eigenvalue weighted by Crippen LogP contribution is -2.26. The summed E-state index contributed by atoms with van der Waals surface area (Å²) in [6.45, 7) is 0.577. The molecule has 5 heteroatoms. The quantitative estimate of drug-likeness (QED) is 0.468. The Bertz CT molecular complexity index is 1190. The number of amides is 1. The second-order valence-electron chi connectivity index (χ2n) is 7.79. The van der Waals surface area contributed by atoms with E-state index in [-0.39, 0.29) is 5.91 Å². The summed E-state index contributed by atoms with van der Waals surface area (Å²) >= 11 is 0. The van der Waals surface area contributed by atoms with Crippen LogP contribution in [0.5, 0.6) is 0 Å². The molecule has 0 unspecified atom stereocenters. The van der Waals surface area contributed by atoms with Gasteiger partial charge in [0, 0.05) is 56.1 Å². The van der Waals surface area contributed by atoms with Crippen LogP contribution < -0.4 is 10.2 Å². The SMILES string of the molecule is CN(Cc1ccccc1)C(=O)c1ccc(Nc2cc(N(C)C)c3ccccc3n2)cc1. The van der Waals surface area contributed by atoms with Gasteiger partial charge >= 0.3 is 0 Å². The maximum atomic E-state index is 12.8. The van der Waals surface area contributed by atoms with Gasteiger partial charge in [0.05, 0.1) is 5.52 Å². The number of benzene rings is 3. The molecule has 156 valence electrons. The van der Waals surface area contributed by atoms with Crippen molar-refractivity contribution in [1.29, 1.82) is 0 Å². The Kier molecular flexibility index (Phi) is 5.85. The molecule has 0 radical (unpaired) electrons. The first-order chi connectivity index (χ1) is 15.0. The van der Waals surface area contributed by atoms with Gasteiger partial charge in [-0.25, -0.2) is 4.98 Å². The average molecular weight is 411 g/mol. The van der Waals surface area contributed by atoms with Crippen LogP contribution in [-0.2, 0) is 6.54 Å². The molecule has 4 rings (SSSR count). The normalized spacial score (nSPS) is 10.7. The molecule has 0 saturated heterocycles. The molecule has 0 bridgehead atoms. The molecule has 0 aliphatic heterocycles. The van der Waals surface area contributed by atoms with E-state index in [1.165, 1.54) is 0 Å². The van der Waals surface area contributed by atoms with E-state index in [0.717, 1.165) is 33.7 Å². The molecular weight excluding hydrogens is 384 g/mol. The first kappa shape index (κ1) is 20.4. The summed E-state index contributed by atoms with van der Waals surface area (Å²) < 4.78 is 0. The van der Waals surface area contributed by atoms with Crippen LogP contribution in [0.4, 0.5) is 17.2 Å². The fraction of sp³-hybridized carbons (Fsp3) is 0.154. The fourth-order valence-corrected chi connectivity index (χ4v) is 3.58. The second kappa shape index (κ2) is 8.88. The summed E-state index contributed by atoms with van der Waals surface area (Å²) in [6.07, 6.45) is 0. The van der Waals surface area contributed by atoms with Crippen molar-refractivity contribution in [3.8, 4) is 0 Å². The summed E-state index contributed by atoms with van der Waals surface area (Å²) in [7, 11) is 5.87. The highest BCUT2D eigenvalue weighted by Crippen LogP contribution is 2.28. The monoisotopic (exact) mass is 410 g/mol. The number of nitrogens with zero attached hydrogens (tertiary/aromatic N) is 3. The number of para-hydroxylation sites is 1. The highest BCUT2D eigenvalue weighted by molar-refractivity contribution is 5.95. The Morgan fingerprint density at radius 3 is 2.26 bits per heavy atom. The molecule has 0 saturated carbocycles. The van der Waals surface area contributed by atoms with Crippen LogP contribution in [0.1, 0.15) is 15.9 Å². The molecule has 0 aliphatic carbocycles. The zero-order valence-electron chi connectivity index (χ0n) is 18.0. The van der Waals surface area contributed by atoms with Crippen LogP contribution in [0, 0.1) is 0 Å². The predicted octanol–water partition coefficient (Wildman–Crippen LogP) is 5.32. The Balaban J connectivity index is 1.50. The van der Waals surface area contributed by atoms with Crippen LogP contribution >= 0.6 is 0 Å². The molecule has 3 aromatic carbocycles. The van der Waals surface area contributed by atoms with Gasteiger partial charge in [-0.1, -0.05) is 48.5 Å². The third kappa shape index (κ3) is 4.67. The first-order valence-corrected chi connectivity index (χ1v) is 10.2. The van der Waals surface area contributed by atoms with Gasteiger partial charge in [-0.05, 0) is 35.9 Å². The third-order valence-electron chi connectivity index (χ3n) is 5.19. The van der Waals surface area contributed by atoms with Crippen LogP contribution in [0.25, 0.3) is 10.9 Å². The number of nitrogens with one attached hydrogen (secondary N) is 1. The number of pyridine rings is 1. The largest absolute Gasteiger partial charge is 0.377 e. The van der Waals surface area contributed by atoms with Crippen molar-refractivity contribution in [1.82, 2.24) is 9.88 Å². The molecular formula is C26H26N4O. The number of rotatable bonds is 6. The maximum Gasteiger partial charge on any atom is 0.253 e. The van der Waals surface area contributed by atoms with Gasteiger partial charge in [0.1, 0.15) is 5.82 Å². The minimum Gasteiger partial charge on any atom is -0.377 e. The topological polar surface area (TPSA) is 48.5 Å². The summed E-state index contributed by atoms with van der Waals surface area (Å²) in [6, 6.07) is 27.6. The van der Waals surface area contributed by atoms with Crippen molar-refractivity contribution in [2.24, 2.45) is 0 Å². The van der Waals surface area contributed by atoms with E-state index >= 15 is 0 Å². The van der Waals surface area contributed by atoms with Crippen molar-refractivity contribution in [2.75, 3.05) is 31.4 Å². The fourth-order valence-electron chi connectivity index (χ4n) is 3.58. The van der Waals surface area contributed by atoms with Gasteiger partial charge in [0.15, 0.2) is 0 Å². The highest BCUT2D eigenvalue weighted by Gasteiger charge is 2.12. The molecule has 0 atom stereocenters. The standard InChI is InChI=1S/C26H26N4O/c1-29(2)24-17-25(28-23-12-8-7-11-22(23)24)27-21-15-13-20(14-16-21)26(31)30(3)18-19-9-5-4-6-10-19/h4-17H,18H2,1-3H3,(H,27,28). The molecule has 1 N–H and O–H groups in total. The van der Waals surface area contributed by atoms with Gasteiger partial charge in [0.25, 0.3) is 5.91 Å². The van der Waals surface area contributed by atoms with E-state index in [1.54, 1.807) is 4.90 Å². The zero-order valence-corrected chi connectivity index (χ0v) is 18.0. The predicted molar refractivity (Wildman–Crippen MR) is 128 cm³/mol. The minimum absolute atomic E-state index is 0.00544. The van der Waals surface area contributed by atoms with Crippen LogP contribution in [-0.4, -0.2) is 36.9 Å². The number of anilines is 3. The molecule has 4 aromatic rings. The Labute approximate surface area is 183 Å². The van der Waals surface area contributed by atoms with Gasteiger partial charge < -0.3 is 15.1 Å². The van der Waals surface area contributed by atoms with Crippen LogP contribution in [0.15, 0.2) is 84.9 Å². The van der Waals surface area contributed by atoms with Crippen molar-refractivity contribution in [2.45, 2.75) is 6.54 Å². The van der Waals surface area contributed by atoms with Crippen molar-refractivity contribution in [3.63, 3.8) is 0 Å². The van der Waals surface area contributed by atoms with Gasteiger partial charge in [-0.2, -0.15) is 0 Å². The van der Waals surface area contributed by atoms with Gasteiger partial charge in [-0.3, -0.25) is 4.79 Å². The Morgan fingerprint density at radius 2 is 1.55 bits per heavy atom. The van der Waals surface area contributed by atoms with E-state index in [1.807, 2.05) is 100 Å². The maximum absolute atomic E-state index is 12.8. The average Bonchev–Trinajstić information content (AvgIpc) is 2.79. The van der Waals surface area contributed by atoms with Crippen molar-refractivity contribution < 1.29 is 4.79 Å². The van der Waals surface area contributed by atoms with Crippen LogP contribution in [0.3, 0.4) is 0 Å². The Morgan fingerprint density at radius 1 is 0.871 bits per heavy atom. The lowest BCUT2D eigenvalue weighted by Gasteiger charge is -2.18. The molecule has 0 spiro atoms. The number of aromatic nitrogens is 1. The second-order valence-corrected chi connectivity index (χ2v) is 7.79. The van der Waals surface area contributed by atoms with E-state index in [2.05, 4.69) is 16.3 Å². The first-order valence-electron chi connectivity index (χ1n) is 10.2. The molecule has 1 aromatic heterocycles. The van der Waals surface area contributed by atoms with Gasteiger partial charge in [-0.15, -0.1) is 0 Å². The molecule has 0 aliphatic rings. The number of carbonyl (C=O) groups excluding carboxylic acids is 1. The minimum atomic E-state index is -0.00544. The third-order valence-corrected chi connectivity index (χ3v) is 5.19. The summed E-state index contributed by atoms with van der Waals surface area (Å²) in [5.41, 5.74) is 4.68. The zero-order chi connectivity index (χ0) is 21.8. The van der Waals surface area contributed by atoms with E-state index in [4.69, 9.17) is 4.98 Å². The smallest absolute Gasteiger partial charge is 0.253 e. The molecule has 0 fully saturated rings. The number of fused-ring (bicyclic) bond motifs is 1. The van der Waals surface area contributed by atoms with E-state index < -0.39 is 0 Å². The van der Waals surface area contributed by atoms with Gasteiger partial charge in [0.2, 0.25) is 0 Å². The molecule has 1 amide bonds. The van der Waals surface area contributed by atoms with E-state index in [0.29, 0.717) is 12.1 Å². The van der Waals surface area contributed by atoms with Crippen molar-refractivity contribution >= 4 is 34.0 Å².